The summed E-state index contributed by atoms with van der Waals surface area (Å²) in [7, 11) is 0. The Morgan fingerprint density at radius 1 is 1.28 bits per heavy atom. The third kappa shape index (κ3) is 4.56. The number of aryl methyl sites for hydroxylation is 1. The maximum Gasteiger partial charge on any atom is 0.120 e. The van der Waals surface area contributed by atoms with Crippen molar-refractivity contribution in [1.29, 1.82) is 0 Å². The van der Waals surface area contributed by atoms with Crippen LogP contribution in [0.4, 0.5) is 0 Å². The SMILES string of the molecule is C=C(C)c1cc(OC(C)(C)C)ccc1CCCC. The first kappa shape index (κ1) is 14.8. The zero-order valence-electron chi connectivity index (χ0n) is 12.5. The molecule has 0 N–H and O–H groups in total. The second kappa shape index (κ2) is 6.08. The van der Waals surface area contributed by atoms with Crippen LogP contribution in [-0.4, -0.2) is 5.60 Å². The van der Waals surface area contributed by atoms with Crippen molar-refractivity contribution in [3.05, 3.63) is 35.9 Å². The smallest absolute Gasteiger partial charge is 0.120 e. The minimum absolute atomic E-state index is 0.155. The largest absolute Gasteiger partial charge is 0.488 e. The maximum atomic E-state index is 5.91. The molecule has 1 aromatic carbocycles. The van der Waals surface area contributed by atoms with Crippen molar-refractivity contribution in [3.63, 3.8) is 0 Å². The molecule has 0 aliphatic heterocycles. The first-order chi connectivity index (χ1) is 8.33. The molecule has 1 nitrogen and oxygen atoms in total. The molecule has 0 aliphatic rings. The molecule has 0 atom stereocenters. The Morgan fingerprint density at radius 3 is 2.44 bits per heavy atom. The Labute approximate surface area is 112 Å². The summed E-state index contributed by atoms with van der Waals surface area (Å²) >= 11 is 0. The summed E-state index contributed by atoms with van der Waals surface area (Å²) in [5.41, 5.74) is 3.58. The van der Waals surface area contributed by atoms with Crippen molar-refractivity contribution in [2.45, 2.75) is 59.5 Å². The molecular weight excluding hydrogens is 220 g/mol. The Kier molecular flexibility index (Phi) is 5.01. The molecule has 100 valence electrons. The molecule has 0 aliphatic carbocycles. The number of unbranched alkanes of at least 4 members (excludes halogenated alkanes) is 1. The monoisotopic (exact) mass is 246 g/mol. The van der Waals surface area contributed by atoms with Crippen LogP contribution >= 0.6 is 0 Å². The van der Waals surface area contributed by atoms with Crippen LogP contribution in [0.25, 0.3) is 5.57 Å². The van der Waals surface area contributed by atoms with Gasteiger partial charge in [0, 0.05) is 0 Å². The fourth-order valence-electron chi connectivity index (χ4n) is 1.96. The minimum atomic E-state index is -0.155. The maximum absolute atomic E-state index is 5.91. The van der Waals surface area contributed by atoms with Crippen LogP contribution in [0.2, 0.25) is 0 Å². The number of rotatable bonds is 5. The van der Waals surface area contributed by atoms with Gasteiger partial charge in [-0.05, 0) is 63.8 Å². The molecule has 0 saturated carbocycles. The van der Waals surface area contributed by atoms with Crippen molar-refractivity contribution < 1.29 is 4.74 Å². The second-order valence-electron chi connectivity index (χ2n) is 5.92. The van der Waals surface area contributed by atoms with Gasteiger partial charge in [-0.3, -0.25) is 0 Å². The summed E-state index contributed by atoms with van der Waals surface area (Å²) in [6.07, 6.45) is 3.56. The van der Waals surface area contributed by atoms with Gasteiger partial charge in [-0.25, -0.2) is 0 Å². The summed E-state index contributed by atoms with van der Waals surface area (Å²) in [4.78, 5) is 0. The topological polar surface area (TPSA) is 9.23 Å². The highest BCUT2D eigenvalue weighted by molar-refractivity contribution is 5.66. The van der Waals surface area contributed by atoms with E-state index in [1.165, 1.54) is 24.0 Å². The molecule has 1 aromatic rings. The molecule has 0 saturated heterocycles. The highest BCUT2D eigenvalue weighted by Gasteiger charge is 2.13. The van der Waals surface area contributed by atoms with Gasteiger partial charge in [0.25, 0.3) is 0 Å². The molecule has 0 fully saturated rings. The summed E-state index contributed by atoms with van der Waals surface area (Å²) in [5.74, 6) is 0.931. The molecule has 0 unspecified atom stereocenters. The van der Waals surface area contributed by atoms with E-state index in [1.54, 1.807) is 0 Å². The Hall–Kier alpha value is -1.24. The third-order valence-electron chi connectivity index (χ3n) is 2.76. The molecule has 1 rings (SSSR count). The fourth-order valence-corrected chi connectivity index (χ4v) is 1.96. The van der Waals surface area contributed by atoms with Gasteiger partial charge >= 0.3 is 0 Å². The number of allylic oxidation sites excluding steroid dienone is 1. The van der Waals surface area contributed by atoms with Crippen molar-refractivity contribution >= 4 is 5.57 Å². The Bertz CT molecular complexity index is 410. The van der Waals surface area contributed by atoms with Crippen LogP contribution in [-0.2, 0) is 6.42 Å². The molecule has 0 amide bonds. The molecule has 0 spiro atoms. The quantitative estimate of drug-likeness (QED) is 0.690. The number of hydrogen-bond acceptors (Lipinski definition) is 1. The average Bonchev–Trinajstić information content (AvgIpc) is 2.25. The van der Waals surface area contributed by atoms with E-state index in [9.17, 15) is 0 Å². The molecular formula is C17H26O. The van der Waals surface area contributed by atoms with Gasteiger partial charge in [0.15, 0.2) is 0 Å². The van der Waals surface area contributed by atoms with E-state index in [0.717, 1.165) is 17.7 Å². The van der Waals surface area contributed by atoms with Gasteiger partial charge in [0.05, 0.1) is 0 Å². The third-order valence-corrected chi connectivity index (χ3v) is 2.76. The second-order valence-corrected chi connectivity index (χ2v) is 5.92. The van der Waals surface area contributed by atoms with Gasteiger partial charge in [-0.2, -0.15) is 0 Å². The average molecular weight is 246 g/mol. The summed E-state index contributed by atoms with van der Waals surface area (Å²) in [5, 5.41) is 0. The van der Waals surface area contributed by atoms with Crippen LogP contribution in [0, 0.1) is 0 Å². The lowest BCUT2D eigenvalue weighted by Gasteiger charge is -2.22. The van der Waals surface area contributed by atoms with Crippen molar-refractivity contribution in [3.8, 4) is 5.75 Å². The first-order valence-corrected chi connectivity index (χ1v) is 6.81. The predicted molar refractivity (Wildman–Crippen MR) is 80.1 cm³/mol. The summed E-state index contributed by atoms with van der Waals surface area (Å²) in [6, 6.07) is 6.38. The number of benzene rings is 1. The zero-order valence-corrected chi connectivity index (χ0v) is 12.5. The molecule has 18 heavy (non-hydrogen) atoms. The fraction of sp³-hybridized carbons (Fsp3) is 0.529. The minimum Gasteiger partial charge on any atom is -0.488 e. The van der Waals surface area contributed by atoms with Gasteiger partial charge in [0.1, 0.15) is 11.4 Å². The van der Waals surface area contributed by atoms with Gasteiger partial charge in [-0.1, -0.05) is 31.6 Å². The Morgan fingerprint density at radius 2 is 1.94 bits per heavy atom. The zero-order chi connectivity index (χ0) is 13.8. The first-order valence-electron chi connectivity index (χ1n) is 6.81. The molecule has 0 heterocycles. The van der Waals surface area contributed by atoms with E-state index in [2.05, 4.69) is 59.4 Å². The van der Waals surface area contributed by atoms with E-state index in [4.69, 9.17) is 4.74 Å². The number of hydrogen-bond donors (Lipinski definition) is 0. The summed E-state index contributed by atoms with van der Waals surface area (Å²) in [6.45, 7) is 14.6. The standard InChI is InChI=1S/C17H26O/c1-7-8-9-14-10-11-15(18-17(4,5)6)12-16(14)13(2)3/h10-12H,2,7-9H2,1,3-6H3. The van der Waals surface area contributed by atoms with Crippen molar-refractivity contribution in [2.24, 2.45) is 0 Å². The van der Waals surface area contributed by atoms with E-state index in [-0.39, 0.29) is 5.60 Å². The van der Waals surface area contributed by atoms with Crippen molar-refractivity contribution in [1.82, 2.24) is 0 Å². The van der Waals surface area contributed by atoms with Crippen molar-refractivity contribution in [2.75, 3.05) is 0 Å². The van der Waals surface area contributed by atoms with Gasteiger partial charge < -0.3 is 4.74 Å². The lowest BCUT2D eigenvalue weighted by atomic mass is 9.97. The summed E-state index contributed by atoms with van der Waals surface area (Å²) < 4.78 is 5.91. The molecule has 0 bridgehead atoms. The predicted octanol–water partition coefficient (Wildman–Crippen LogP) is 5.24. The van der Waals surface area contributed by atoms with Crippen LogP contribution < -0.4 is 4.74 Å². The van der Waals surface area contributed by atoms with Crippen LogP contribution in [0.15, 0.2) is 24.8 Å². The lowest BCUT2D eigenvalue weighted by Crippen LogP contribution is -2.23. The van der Waals surface area contributed by atoms with E-state index in [0.29, 0.717) is 0 Å². The highest BCUT2D eigenvalue weighted by Crippen LogP contribution is 2.27. The van der Waals surface area contributed by atoms with E-state index in [1.807, 2.05) is 0 Å². The highest BCUT2D eigenvalue weighted by atomic mass is 16.5. The van der Waals surface area contributed by atoms with Gasteiger partial charge in [-0.15, -0.1) is 0 Å². The molecule has 0 aromatic heterocycles. The number of ether oxygens (including phenoxy) is 1. The molecule has 0 radical (unpaired) electrons. The van der Waals surface area contributed by atoms with E-state index >= 15 is 0 Å². The normalized spacial score (nSPS) is 11.4. The van der Waals surface area contributed by atoms with Crippen LogP contribution in [0.5, 0.6) is 5.75 Å². The van der Waals surface area contributed by atoms with Gasteiger partial charge in [0.2, 0.25) is 0 Å². The lowest BCUT2D eigenvalue weighted by molar-refractivity contribution is 0.131. The van der Waals surface area contributed by atoms with Crippen LogP contribution in [0.1, 0.15) is 58.6 Å². The molecule has 1 heteroatoms. The van der Waals surface area contributed by atoms with Crippen LogP contribution in [0.3, 0.4) is 0 Å². The Balaban J connectivity index is 2.99. The van der Waals surface area contributed by atoms with E-state index < -0.39 is 0 Å².